The van der Waals surface area contributed by atoms with Gasteiger partial charge in [0, 0.05) is 10.6 Å². The Kier molecular flexibility index (Phi) is 5.01. The van der Waals surface area contributed by atoms with Crippen LogP contribution in [0.1, 0.15) is 37.7 Å². The van der Waals surface area contributed by atoms with Crippen molar-refractivity contribution < 1.29 is 4.74 Å². The summed E-state index contributed by atoms with van der Waals surface area (Å²) >= 11 is 12.3. The molecular weight excluding hydrogens is 321 g/mol. The largest absolute Gasteiger partial charge is 0.488 e. The van der Waals surface area contributed by atoms with Gasteiger partial charge < -0.3 is 4.74 Å². The van der Waals surface area contributed by atoms with E-state index in [2.05, 4.69) is 10.1 Å². The van der Waals surface area contributed by atoms with E-state index in [0.29, 0.717) is 15.8 Å². The summed E-state index contributed by atoms with van der Waals surface area (Å²) in [7, 11) is 0. The first-order valence-corrected chi connectivity index (χ1v) is 8.16. The zero-order chi connectivity index (χ0) is 15.4. The summed E-state index contributed by atoms with van der Waals surface area (Å²) in [4.78, 5) is 3.95. The van der Waals surface area contributed by atoms with Gasteiger partial charge in [-0.2, -0.15) is 5.10 Å². The summed E-state index contributed by atoms with van der Waals surface area (Å²) in [6, 6.07) is 5.40. The molecule has 1 aromatic carbocycles. The molecule has 2 aromatic rings. The molecule has 0 spiro atoms. The second kappa shape index (κ2) is 7.16. The van der Waals surface area contributed by atoms with E-state index < -0.39 is 0 Å². The molecule has 0 N–H and O–H groups in total. The molecule has 1 aliphatic rings. The smallest absolute Gasteiger partial charge is 0.146 e. The highest BCUT2D eigenvalue weighted by Crippen LogP contribution is 2.31. The van der Waals surface area contributed by atoms with E-state index in [9.17, 15) is 0 Å². The number of hydrogen-bond acceptors (Lipinski definition) is 3. The van der Waals surface area contributed by atoms with Gasteiger partial charge in [0.2, 0.25) is 0 Å². The monoisotopic (exact) mass is 337 g/mol. The van der Waals surface area contributed by atoms with E-state index in [1.807, 2.05) is 12.1 Å². The first-order chi connectivity index (χ1) is 10.7. The predicted molar refractivity (Wildman–Crippen MR) is 88.6 cm³/mol. The Bertz CT molecular complexity index is 649. The maximum atomic E-state index is 6.33. The van der Waals surface area contributed by atoms with Crippen LogP contribution in [0.25, 0.3) is 12.0 Å². The van der Waals surface area contributed by atoms with Crippen LogP contribution in [0.4, 0.5) is 0 Å². The fraction of sp³-hybridized carbons (Fsp3) is 0.375. The highest BCUT2D eigenvalue weighted by molar-refractivity contribution is 6.35. The number of rotatable bonds is 4. The molecule has 3 rings (SSSR count). The van der Waals surface area contributed by atoms with Gasteiger partial charge in [0.1, 0.15) is 18.4 Å². The van der Waals surface area contributed by atoms with Gasteiger partial charge in [-0.15, -0.1) is 0 Å². The lowest BCUT2D eigenvalue weighted by atomic mass is 9.97. The normalized spacial score (nSPS) is 16.7. The zero-order valence-corrected chi connectivity index (χ0v) is 13.6. The molecule has 6 heteroatoms. The number of hydrogen-bond donors (Lipinski definition) is 0. The topological polar surface area (TPSA) is 39.9 Å². The van der Waals surface area contributed by atoms with Crippen LogP contribution in [0.3, 0.4) is 0 Å². The van der Waals surface area contributed by atoms with Crippen LogP contribution in [-0.2, 0) is 4.74 Å². The SMILES string of the molecule is Clc1ccc(C(=Cn2cncn2)OC2CCCCC2)c(Cl)c1. The van der Waals surface area contributed by atoms with E-state index in [1.54, 1.807) is 23.3 Å². The van der Waals surface area contributed by atoms with Crippen molar-refractivity contribution in [2.45, 2.75) is 38.2 Å². The first-order valence-electron chi connectivity index (χ1n) is 7.40. The minimum absolute atomic E-state index is 0.218. The van der Waals surface area contributed by atoms with Crippen molar-refractivity contribution in [2.75, 3.05) is 0 Å². The molecule has 1 aliphatic carbocycles. The van der Waals surface area contributed by atoms with Crippen LogP contribution < -0.4 is 0 Å². The van der Waals surface area contributed by atoms with Crippen molar-refractivity contribution in [1.29, 1.82) is 0 Å². The molecule has 1 aromatic heterocycles. The molecular formula is C16H17Cl2N3O. The minimum atomic E-state index is 0.218. The number of halogens is 2. The molecule has 0 unspecified atom stereocenters. The van der Waals surface area contributed by atoms with Gasteiger partial charge in [-0.3, -0.25) is 0 Å². The number of aromatic nitrogens is 3. The number of benzene rings is 1. The number of ether oxygens (including phenoxy) is 1. The average Bonchev–Trinajstić information content (AvgIpc) is 3.01. The average molecular weight is 338 g/mol. The van der Waals surface area contributed by atoms with Crippen molar-refractivity contribution in [3.05, 3.63) is 46.5 Å². The Balaban J connectivity index is 1.91. The fourth-order valence-electron chi connectivity index (χ4n) is 2.62. The summed E-state index contributed by atoms with van der Waals surface area (Å²) in [6.07, 6.45) is 11.0. The van der Waals surface area contributed by atoms with Crippen LogP contribution in [0.5, 0.6) is 0 Å². The van der Waals surface area contributed by atoms with Crippen molar-refractivity contribution in [2.24, 2.45) is 0 Å². The van der Waals surface area contributed by atoms with E-state index >= 15 is 0 Å². The summed E-state index contributed by atoms with van der Waals surface area (Å²) in [6.45, 7) is 0. The minimum Gasteiger partial charge on any atom is -0.488 e. The quantitative estimate of drug-likeness (QED) is 0.745. The Hall–Kier alpha value is -1.52. The van der Waals surface area contributed by atoms with Gasteiger partial charge >= 0.3 is 0 Å². The highest BCUT2D eigenvalue weighted by atomic mass is 35.5. The molecule has 4 nitrogen and oxygen atoms in total. The van der Waals surface area contributed by atoms with Crippen LogP contribution in [0.2, 0.25) is 10.0 Å². The third kappa shape index (κ3) is 3.81. The van der Waals surface area contributed by atoms with Gasteiger partial charge in [0.05, 0.1) is 17.3 Å². The third-order valence-corrected chi connectivity index (χ3v) is 4.28. The molecule has 22 heavy (non-hydrogen) atoms. The van der Waals surface area contributed by atoms with Crippen LogP contribution in [0, 0.1) is 0 Å². The standard InChI is InChI=1S/C16H17Cl2N3O/c17-12-6-7-14(15(18)8-12)16(9-21-11-19-10-20-21)22-13-4-2-1-3-5-13/h6-11,13H,1-5H2. The van der Waals surface area contributed by atoms with E-state index in [0.717, 1.165) is 18.4 Å². The van der Waals surface area contributed by atoms with Gasteiger partial charge in [0.15, 0.2) is 0 Å². The van der Waals surface area contributed by atoms with Gasteiger partial charge in [-0.1, -0.05) is 29.6 Å². The van der Waals surface area contributed by atoms with E-state index in [-0.39, 0.29) is 6.10 Å². The third-order valence-electron chi connectivity index (χ3n) is 3.73. The fourth-order valence-corrected chi connectivity index (χ4v) is 3.12. The second-order valence-electron chi connectivity index (χ2n) is 5.37. The molecule has 1 saturated carbocycles. The predicted octanol–water partition coefficient (Wildman–Crippen LogP) is 4.89. The van der Waals surface area contributed by atoms with Gasteiger partial charge in [-0.05, 0) is 43.9 Å². The van der Waals surface area contributed by atoms with Crippen molar-refractivity contribution in [1.82, 2.24) is 14.8 Å². The van der Waals surface area contributed by atoms with Crippen LogP contribution in [0.15, 0.2) is 30.9 Å². The maximum absolute atomic E-state index is 6.33. The first kappa shape index (κ1) is 15.4. The molecule has 0 aliphatic heterocycles. The Morgan fingerprint density at radius 2 is 2.05 bits per heavy atom. The van der Waals surface area contributed by atoms with Crippen LogP contribution in [-0.4, -0.2) is 20.9 Å². The van der Waals surface area contributed by atoms with Crippen LogP contribution >= 0.6 is 23.2 Å². The zero-order valence-electron chi connectivity index (χ0n) is 12.1. The molecule has 0 atom stereocenters. The lowest BCUT2D eigenvalue weighted by Crippen LogP contribution is -2.16. The van der Waals surface area contributed by atoms with Gasteiger partial charge in [-0.25, -0.2) is 9.67 Å². The second-order valence-corrected chi connectivity index (χ2v) is 6.21. The van der Waals surface area contributed by atoms with Gasteiger partial charge in [0.25, 0.3) is 0 Å². The Morgan fingerprint density at radius 1 is 1.23 bits per heavy atom. The molecule has 0 radical (unpaired) electrons. The Labute approximate surface area is 139 Å². The highest BCUT2D eigenvalue weighted by Gasteiger charge is 2.18. The van der Waals surface area contributed by atoms with E-state index in [1.165, 1.54) is 25.6 Å². The molecule has 0 saturated heterocycles. The molecule has 1 fully saturated rings. The summed E-state index contributed by atoms with van der Waals surface area (Å²) in [5, 5.41) is 5.27. The summed E-state index contributed by atoms with van der Waals surface area (Å²) in [5.41, 5.74) is 0.812. The molecule has 1 heterocycles. The van der Waals surface area contributed by atoms with Crippen molar-refractivity contribution in [3.8, 4) is 0 Å². The van der Waals surface area contributed by atoms with E-state index in [4.69, 9.17) is 27.9 Å². The van der Waals surface area contributed by atoms with Crippen molar-refractivity contribution in [3.63, 3.8) is 0 Å². The summed E-state index contributed by atoms with van der Waals surface area (Å²) < 4.78 is 7.83. The molecule has 0 amide bonds. The number of nitrogens with zero attached hydrogens (tertiary/aromatic N) is 3. The lowest BCUT2D eigenvalue weighted by Gasteiger charge is -2.25. The lowest BCUT2D eigenvalue weighted by molar-refractivity contribution is 0.126. The molecule has 116 valence electrons. The molecule has 0 bridgehead atoms. The summed E-state index contributed by atoms with van der Waals surface area (Å²) in [5.74, 6) is 0.694. The maximum Gasteiger partial charge on any atom is 0.146 e. The Morgan fingerprint density at radius 3 is 2.73 bits per heavy atom. The van der Waals surface area contributed by atoms with Crippen molar-refractivity contribution >= 4 is 35.2 Å².